The Morgan fingerprint density at radius 1 is 0.769 bits per heavy atom. The van der Waals surface area contributed by atoms with Crippen molar-refractivity contribution in [1.82, 2.24) is 4.98 Å². The highest BCUT2D eigenvalue weighted by Crippen LogP contribution is 2.36. The smallest absolute Gasteiger partial charge is 0.272 e. The molecule has 0 saturated heterocycles. The predicted molar refractivity (Wildman–Crippen MR) is 164 cm³/mol. The number of carbonyl (C=O) groups is 2. The Labute approximate surface area is 231 Å². The van der Waals surface area contributed by atoms with Gasteiger partial charge in [-0.3, -0.25) is 4.79 Å². The van der Waals surface area contributed by atoms with E-state index in [1.165, 1.54) is 12.6 Å². The Hall–Kier alpha value is -4.48. The number of hydrogen-bond donors (Lipinski definition) is 3. The number of H-pyrrole nitrogens is 1. The standard InChI is InChI=1S/C32H30N2O.CH5N.CH2O/c1-21-10-8-9-13-27(21)34-31(35)30-29(23-11-6-5-7-12-23)26-20-24(16-19-28(26)33-30)22-14-17-25(18-15-22)32(2,3)4;2*1-2/h5-20,33H,1-4H3,(H,34,35);2H2,1H3;1H2. The van der Waals surface area contributed by atoms with Crippen LogP contribution in [0.1, 0.15) is 42.4 Å². The molecule has 0 aliphatic heterocycles. The van der Waals surface area contributed by atoms with Gasteiger partial charge in [-0.15, -0.1) is 0 Å². The highest BCUT2D eigenvalue weighted by Gasteiger charge is 2.20. The molecule has 0 bridgehead atoms. The number of aromatic amines is 1. The Bertz CT molecular complexity index is 1530. The van der Waals surface area contributed by atoms with Crippen LogP contribution < -0.4 is 11.1 Å². The van der Waals surface area contributed by atoms with Gasteiger partial charge in [0.25, 0.3) is 5.91 Å². The molecule has 5 aromatic rings. The van der Waals surface area contributed by atoms with Crippen molar-refractivity contribution in [3.63, 3.8) is 0 Å². The quantitative estimate of drug-likeness (QED) is 0.227. The van der Waals surface area contributed by atoms with Crippen LogP contribution in [-0.2, 0) is 10.2 Å². The van der Waals surface area contributed by atoms with Crippen molar-refractivity contribution in [1.29, 1.82) is 0 Å². The molecule has 0 fully saturated rings. The maximum Gasteiger partial charge on any atom is 0.272 e. The van der Waals surface area contributed by atoms with Crippen LogP contribution in [0.5, 0.6) is 0 Å². The molecule has 4 aromatic carbocycles. The lowest BCUT2D eigenvalue weighted by molar-refractivity contribution is -0.0980. The molecule has 200 valence electrons. The number of carbonyl (C=O) groups excluding carboxylic acids is 2. The predicted octanol–water partition coefficient (Wildman–Crippen LogP) is 7.75. The second kappa shape index (κ2) is 12.9. The van der Waals surface area contributed by atoms with E-state index in [4.69, 9.17) is 4.79 Å². The number of anilines is 1. The van der Waals surface area contributed by atoms with E-state index in [0.29, 0.717) is 5.69 Å². The molecule has 4 N–H and O–H groups in total. The maximum absolute atomic E-state index is 13.5. The van der Waals surface area contributed by atoms with Crippen LogP contribution in [0.2, 0.25) is 0 Å². The number of para-hydroxylation sites is 1. The first-order valence-corrected chi connectivity index (χ1v) is 12.9. The zero-order valence-electron chi connectivity index (χ0n) is 23.3. The molecule has 0 radical (unpaired) electrons. The van der Waals surface area contributed by atoms with Gasteiger partial charge in [0.2, 0.25) is 0 Å². The summed E-state index contributed by atoms with van der Waals surface area (Å²) in [5, 5.41) is 4.13. The van der Waals surface area contributed by atoms with Gasteiger partial charge in [-0.2, -0.15) is 0 Å². The largest absolute Gasteiger partial charge is 0.350 e. The number of aromatic nitrogens is 1. The Balaban J connectivity index is 0.00000100. The Kier molecular flexibility index (Phi) is 9.58. The van der Waals surface area contributed by atoms with E-state index in [0.717, 1.165) is 44.4 Å². The molecule has 0 saturated carbocycles. The van der Waals surface area contributed by atoms with Crippen LogP contribution in [0, 0.1) is 6.92 Å². The third-order valence-corrected chi connectivity index (χ3v) is 6.57. The monoisotopic (exact) mass is 519 g/mol. The van der Waals surface area contributed by atoms with E-state index in [9.17, 15) is 4.79 Å². The lowest BCUT2D eigenvalue weighted by atomic mass is 9.86. The fourth-order valence-corrected chi connectivity index (χ4v) is 4.51. The molecule has 5 rings (SSSR count). The molecule has 39 heavy (non-hydrogen) atoms. The summed E-state index contributed by atoms with van der Waals surface area (Å²) in [4.78, 5) is 24.9. The van der Waals surface area contributed by atoms with Crippen LogP contribution in [0.3, 0.4) is 0 Å². The summed E-state index contributed by atoms with van der Waals surface area (Å²) in [7, 11) is 1.50. The van der Waals surface area contributed by atoms with Gasteiger partial charge in [0.1, 0.15) is 12.5 Å². The van der Waals surface area contributed by atoms with E-state index in [-0.39, 0.29) is 11.3 Å². The lowest BCUT2D eigenvalue weighted by Crippen LogP contribution is -2.14. The molecule has 0 unspecified atom stereocenters. The minimum Gasteiger partial charge on any atom is -0.350 e. The summed E-state index contributed by atoms with van der Waals surface area (Å²) < 4.78 is 0. The molecule has 1 heterocycles. The van der Waals surface area contributed by atoms with E-state index in [1.807, 2.05) is 56.2 Å². The summed E-state index contributed by atoms with van der Waals surface area (Å²) in [5.41, 5.74) is 13.5. The first-order chi connectivity index (χ1) is 18.8. The van der Waals surface area contributed by atoms with Gasteiger partial charge in [0.15, 0.2) is 0 Å². The van der Waals surface area contributed by atoms with Gasteiger partial charge in [0.05, 0.1) is 0 Å². The molecular weight excluding hydrogens is 482 g/mol. The minimum atomic E-state index is -0.148. The number of hydrogen-bond acceptors (Lipinski definition) is 3. The van der Waals surface area contributed by atoms with Crippen molar-refractivity contribution in [2.75, 3.05) is 12.4 Å². The van der Waals surface area contributed by atoms with Gasteiger partial charge >= 0.3 is 0 Å². The van der Waals surface area contributed by atoms with Crippen LogP contribution in [0.25, 0.3) is 33.2 Å². The number of rotatable bonds is 4. The zero-order chi connectivity index (χ0) is 28.6. The third-order valence-electron chi connectivity index (χ3n) is 6.57. The average molecular weight is 520 g/mol. The van der Waals surface area contributed by atoms with Gasteiger partial charge < -0.3 is 20.8 Å². The first kappa shape index (κ1) is 29.1. The van der Waals surface area contributed by atoms with Crippen molar-refractivity contribution in [3.05, 3.63) is 114 Å². The highest BCUT2D eigenvalue weighted by molar-refractivity contribution is 6.14. The Morgan fingerprint density at radius 2 is 1.36 bits per heavy atom. The number of nitrogens with one attached hydrogen (secondary N) is 2. The van der Waals surface area contributed by atoms with E-state index < -0.39 is 0 Å². The van der Waals surface area contributed by atoms with Crippen molar-refractivity contribution in [2.24, 2.45) is 5.73 Å². The summed E-state index contributed by atoms with van der Waals surface area (Å²) in [6, 6.07) is 33.1. The molecular formula is C34H37N3O2. The molecule has 1 amide bonds. The summed E-state index contributed by atoms with van der Waals surface area (Å²) >= 11 is 0. The van der Waals surface area contributed by atoms with E-state index in [2.05, 4.69) is 91.4 Å². The fraction of sp³-hybridized carbons (Fsp3) is 0.176. The second-order valence-corrected chi connectivity index (χ2v) is 10.1. The Morgan fingerprint density at radius 3 is 1.97 bits per heavy atom. The molecule has 0 spiro atoms. The van der Waals surface area contributed by atoms with Crippen LogP contribution in [-0.4, -0.2) is 24.7 Å². The maximum atomic E-state index is 13.5. The number of fused-ring (bicyclic) bond motifs is 1. The SMILES string of the molecule is C=O.CN.Cc1ccccc1NC(=O)c1[nH]c2ccc(-c3ccc(C(C)(C)C)cc3)cc2c1-c1ccccc1. The van der Waals surface area contributed by atoms with Crippen molar-refractivity contribution in [2.45, 2.75) is 33.1 Å². The third kappa shape index (κ3) is 6.51. The number of amides is 1. The highest BCUT2D eigenvalue weighted by atomic mass is 16.1. The lowest BCUT2D eigenvalue weighted by Gasteiger charge is -2.19. The summed E-state index contributed by atoms with van der Waals surface area (Å²) in [5.74, 6) is -0.148. The van der Waals surface area contributed by atoms with Crippen molar-refractivity contribution in [3.8, 4) is 22.3 Å². The summed E-state index contributed by atoms with van der Waals surface area (Å²) in [6.07, 6.45) is 0. The minimum absolute atomic E-state index is 0.114. The van der Waals surface area contributed by atoms with Crippen molar-refractivity contribution < 1.29 is 9.59 Å². The van der Waals surface area contributed by atoms with Gasteiger partial charge in [0, 0.05) is 22.2 Å². The number of aryl methyl sites for hydroxylation is 1. The topological polar surface area (TPSA) is 88.0 Å². The zero-order valence-corrected chi connectivity index (χ0v) is 23.3. The number of nitrogens with two attached hydrogens (primary N) is 1. The normalized spacial score (nSPS) is 10.6. The van der Waals surface area contributed by atoms with Gasteiger partial charge in [-0.05, 0) is 65.4 Å². The number of benzene rings is 4. The summed E-state index contributed by atoms with van der Waals surface area (Å²) in [6.45, 7) is 10.7. The molecule has 5 heteroatoms. The molecule has 0 aliphatic rings. The molecule has 0 atom stereocenters. The first-order valence-electron chi connectivity index (χ1n) is 12.9. The fourth-order valence-electron chi connectivity index (χ4n) is 4.51. The van der Waals surface area contributed by atoms with Crippen LogP contribution in [0.15, 0.2) is 97.1 Å². The van der Waals surface area contributed by atoms with Crippen molar-refractivity contribution >= 4 is 29.3 Å². The van der Waals surface area contributed by atoms with E-state index in [1.54, 1.807) is 0 Å². The molecule has 0 aliphatic carbocycles. The van der Waals surface area contributed by atoms with E-state index >= 15 is 0 Å². The van der Waals surface area contributed by atoms with Gasteiger partial charge in [-0.1, -0.05) is 99.6 Å². The molecule has 1 aromatic heterocycles. The van der Waals surface area contributed by atoms with Gasteiger partial charge in [-0.25, -0.2) is 0 Å². The second-order valence-electron chi connectivity index (χ2n) is 10.1. The van der Waals surface area contributed by atoms with Crippen LogP contribution in [0.4, 0.5) is 5.69 Å². The molecule has 5 nitrogen and oxygen atoms in total. The van der Waals surface area contributed by atoms with Crippen LogP contribution >= 0.6 is 0 Å². The average Bonchev–Trinajstić information content (AvgIpc) is 3.35.